The summed E-state index contributed by atoms with van der Waals surface area (Å²) >= 11 is 1.50. The van der Waals surface area contributed by atoms with Crippen molar-refractivity contribution in [2.45, 2.75) is 36.0 Å². The molecule has 106 valence electrons. The molecule has 2 aromatic rings. The van der Waals surface area contributed by atoms with Crippen LogP contribution >= 0.6 is 11.8 Å². The monoisotopic (exact) mass is 293 g/mol. The van der Waals surface area contributed by atoms with E-state index in [1.165, 1.54) is 30.3 Å². The van der Waals surface area contributed by atoms with Crippen LogP contribution in [0.25, 0.3) is 0 Å². The lowest BCUT2D eigenvalue weighted by molar-refractivity contribution is 0.361. The van der Waals surface area contributed by atoms with E-state index in [4.69, 9.17) is 4.52 Å². The summed E-state index contributed by atoms with van der Waals surface area (Å²) < 4.78 is 18.3. The van der Waals surface area contributed by atoms with Crippen LogP contribution in [0.2, 0.25) is 0 Å². The zero-order valence-electron chi connectivity index (χ0n) is 11.0. The van der Waals surface area contributed by atoms with Gasteiger partial charge in [0.2, 0.25) is 5.89 Å². The van der Waals surface area contributed by atoms with Gasteiger partial charge < -0.3 is 9.84 Å². The topological polar surface area (TPSA) is 51.0 Å². The van der Waals surface area contributed by atoms with E-state index in [2.05, 4.69) is 15.5 Å². The molecule has 6 heteroatoms. The largest absolute Gasteiger partial charge is 0.339 e. The zero-order valence-corrected chi connectivity index (χ0v) is 11.8. The van der Waals surface area contributed by atoms with Crippen molar-refractivity contribution in [1.29, 1.82) is 0 Å². The minimum absolute atomic E-state index is 0.226. The highest BCUT2D eigenvalue weighted by Crippen LogP contribution is 2.22. The zero-order chi connectivity index (χ0) is 13.8. The number of hydrogen-bond acceptors (Lipinski definition) is 5. The second-order valence-corrected chi connectivity index (χ2v) is 5.90. The van der Waals surface area contributed by atoms with E-state index in [0.29, 0.717) is 23.5 Å². The molecule has 0 spiro atoms. The van der Waals surface area contributed by atoms with Gasteiger partial charge in [0, 0.05) is 17.4 Å². The maximum absolute atomic E-state index is 13.1. The summed E-state index contributed by atoms with van der Waals surface area (Å²) in [6.45, 7) is 1.07. The summed E-state index contributed by atoms with van der Waals surface area (Å²) in [5, 5.41) is 7.37. The number of hydrogen-bond donors (Lipinski definition) is 1. The molecule has 3 rings (SSSR count). The van der Waals surface area contributed by atoms with Gasteiger partial charge in [0.25, 0.3) is 0 Å². The van der Waals surface area contributed by atoms with Gasteiger partial charge in [-0.05, 0) is 37.6 Å². The summed E-state index contributed by atoms with van der Waals surface area (Å²) in [5.74, 6) is 1.70. The highest BCUT2D eigenvalue weighted by atomic mass is 32.2. The molecule has 0 amide bonds. The number of nitrogens with zero attached hydrogens (tertiary/aromatic N) is 2. The van der Waals surface area contributed by atoms with E-state index in [9.17, 15) is 4.39 Å². The van der Waals surface area contributed by atoms with Gasteiger partial charge in [0.1, 0.15) is 5.82 Å². The molecule has 0 saturated carbocycles. The summed E-state index contributed by atoms with van der Waals surface area (Å²) in [7, 11) is 0. The second kappa shape index (κ2) is 6.37. The molecule has 1 fully saturated rings. The molecule has 1 atom stereocenters. The number of rotatable bonds is 5. The van der Waals surface area contributed by atoms with Crippen molar-refractivity contribution in [2.24, 2.45) is 0 Å². The molecule has 0 aliphatic carbocycles. The summed E-state index contributed by atoms with van der Waals surface area (Å²) in [6, 6.07) is 6.97. The predicted molar refractivity (Wildman–Crippen MR) is 75.0 cm³/mol. The van der Waals surface area contributed by atoms with Crippen LogP contribution in [0, 0.1) is 5.82 Å². The van der Waals surface area contributed by atoms with E-state index in [-0.39, 0.29) is 5.82 Å². The fourth-order valence-electron chi connectivity index (χ4n) is 2.28. The lowest BCUT2D eigenvalue weighted by Crippen LogP contribution is -2.23. The first-order chi connectivity index (χ1) is 9.79. The Bertz CT molecular complexity index is 569. The number of thioether (sulfide) groups is 1. The molecule has 1 unspecified atom stereocenters. The highest BCUT2D eigenvalue weighted by Gasteiger charge is 2.18. The minimum atomic E-state index is -0.226. The van der Waals surface area contributed by atoms with Gasteiger partial charge in [-0.15, -0.1) is 11.8 Å². The molecule has 1 N–H and O–H groups in total. The van der Waals surface area contributed by atoms with Crippen LogP contribution < -0.4 is 5.32 Å². The average molecular weight is 293 g/mol. The van der Waals surface area contributed by atoms with Gasteiger partial charge in [-0.3, -0.25) is 0 Å². The third kappa shape index (κ3) is 3.58. The van der Waals surface area contributed by atoms with Crippen LogP contribution in [0.4, 0.5) is 4.39 Å². The first-order valence-corrected chi connectivity index (χ1v) is 7.71. The van der Waals surface area contributed by atoms with Crippen LogP contribution in [-0.4, -0.2) is 22.7 Å². The Labute approximate surface area is 121 Å². The third-order valence-corrected chi connectivity index (χ3v) is 4.25. The number of benzene rings is 1. The highest BCUT2D eigenvalue weighted by molar-refractivity contribution is 7.98. The smallest absolute Gasteiger partial charge is 0.228 e. The second-order valence-electron chi connectivity index (χ2n) is 4.85. The quantitative estimate of drug-likeness (QED) is 0.859. The van der Waals surface area contributed by atoms with Crippen molar-refractivity contribution in [3.63, 3.8) is 0 Å². The molecule has 2 heterocycles. The first-order valence-electron chi connectivity index (χ1n) is 6.73. The van der Waals surface area contributed by atoms with Crippen LogP contribution in [0.3, 0.4) is 0 Å². The Morgan fingerprint density at radius 3 is 3.20 bits per heavy atom. The van der Waals surface area contributed by atoms with Gasteiger partial charge in [0.05, 0.1) is 5.75 Å². The summed E-state index contributed by atoms with van der Waals surface area (Å²) in [4.78, 5) is 5.25. The lowest BCUT2D eigenvalue weighted by Gasteiger charge is -2.04. The lowest BCUT2D eigenvalue weighted by atomic mass is 10.2. The molecule has 20 heavy (non-hydrogen) atoms. The van der Waals surface area contributed by atoms with Crippen molar-refractivity contribution in [1.82, 2.24) is 15.5 Å². The molecule has 4 nitrogen and oxygen atoms in total. The molecular weight excluding hydrogens is 277 g/mol. The van der Waals surface area contributed by atoms with E-state index >= 15 is 0 Å². The van der Waals surface area contributed by atoms with Crippen molar-refractivity contribution >= 4 is 11.8 Å². The van der Waals surface area contributed by atoms with E-state index < -0.39 is 0 Å². The van der Waals surface area contributed by atoms with E-state index in [1.54, 1.807) is 6.07 Å². The molecule has 1 aromatic heterocycles. The molecule has 1 aliphatic heterocycles. The Balaban J connectivity index is 1.54. The Morgan fingerprint density at radius 2 is 2.40 bits per heavy atom. The Kier molecular flexibility index (Phi) is 4.32. The number of halogens is 1. The van der Waals surface area contributed by atoms with Crippen molar-refractivity contribution < 1.29 is 8.91 Å². The number of aromatic nitrogens is 2. The fourth-order valence-corrected chi connectivity index (χ4v) is 3.06. The standard InChI is InChI=1S/C14H16FN3OS/c15-10-3-1-5-12(7-10)20-9-13-17-14(19-18-13)8-11-4-2-6-16-11/h1,3,5,7,11,16H,2,4,6,8-9H2. The molecular formula is C14H16FN3OS. The molecule has 0 radical (unpaired) electrons. The van der Waals surface area contributed by atoms with Gasteiger partial charge in [0.15, 0.2) is 5.82 Å². The average Bonchev–Trinajstić information content (AvgIpc) is 3.09. The summed E-state index contributed by atoms with van der Waals surface area (Å²) in [5.41, 5.74) is 0. The predicted octanol–water partition coefficient (Wildman–Crippen LogP) is 2.80. The SMILES string of the molecule is Fc1cccc(SCc2noc(CC3CCCN3)n2)c1. The van der Waals surface area contributed by atoms with Crippen LogP contribution in [0.1, 0.15) is 24.6 Å². The van der Waals surface area contributed by atoms with Crippen LogP contribution in [-0.2, 0) is 12.2 Å². The maximum Gasteiger partial charge on any atom is 0.228 e. The van der Waals surface area contributed by atoms with E-state index in [0.717, 1.165) is 24.3 Å². The Morgan fingerprint density at radius 1 is 1.45 bits per heavy atom. The maximum atomic E-state index is 13.1. The van der Waals surface area contributed by atoms with E-state index in [1.807, 2.05) is 6.07 Å². The van der Waals surface area contributed by atoms with Gasteiger partial charge in [-0.1, -0.05) is 11.2 Å². The van der Waals surface area contributed by atoms with Crippen molar-refractivity contribution in [3.05, 3.63) is 41.8 Å². The van der Waals surface area contributed by atoms with Gasteiger partial charge in [-0.2, -0.15) is 4.98 Å². The van der Waals surface area contributed by atoms with Crippen molar-refractivity contribution in [3.8, 4) is 0 Å². The third-order valence-electron chi connectivity index (χ3n) is 3.26. The van der Waals surface area contributed by atoms with Crippen molar-refractivity contribution in [2.75, 3.05) is 6.54 Å². The van der Waals surface area contributed by atoms with Crippen LogP contribution in [0.5, 0.6) is 0 Å². The normalized spacial score (nSPS) is 18.6. The van der Waals surface area contributed by atoms with Gasteiger partial charge >= 0.3 is 0 Å². The Hall–Kier alpha value is -1.40. The van der Waals surface area contributed by atoms with Crippen LogP contribution in [0.15, 0.2) is 33.7 Å². The molecule has 1 aromatic carbocycles. The molecule has 0 bridgehead atoms. The summed E-state index contributed by atoms with van der Waals surface area (Å²) in [6.07, 6.45) is 3.16. The molecule has 1 saturated heterocycles. The first kappa shape index (κ1) is 13.6. The minimum Gasteiger partial charge on any atom is -0.339 e. The fraction of sp³-hybridized carbons (Fsp3) is 0.429. The number of nitrogens with one attached hydrogen (secondary N) is 1. The molecule has 1 aliphatic rings. The van der Waals surface area contributed by atoms with Gasteiger partial charge in [-0.25, -0.2) is 4.39 Å².